The minimum atomic E-state index is -0.270. The molecule has 3 rings (SSSR count). The molecule has 2 aliphatic rings. The van der Waals surface area contributed by atoms with E-state index in [1.807, 2.05) is 26.8 Å². The molecule has 6 heteroatoms. The second kappa shape index (κ2) is 8.03. The highest BCUT2D eigenvalue weighted by molar-refractivity contribution is 6.33. The van der Waals surface area contributed by atoms with E-state index in [-0.39, 0.29) is 30.2 Å². The van der Waals surface area contributed by atoms with Gasteiger partial charge in [-0.05, 0) is 57.2 Å². The van der Waals surface area contributed by atoms with E-state index in [9.17, 15) is 9.59 Å². The second-order valence-corrected chi connectivity index (χ2v) is 7.86. The molecule has 0 radical (unpaired) electrons. The molecule has 2 heterocycles. The molecule has 1 fully saturated rings. The molecule has 1 aromatic rings. The Morgan fingerprint density at radius 1 is 1.37 bits per heavy atom. The van der Waals surface area contributed by atoms with Crippen LogP contribution in [-0.2, 0) is 16.1 Å². The number of hydrogen-bond acceptors (Lipinski definition) is 3. The highest BCUT2D eigenvalue weighted by atomic mass is 35.5. The molecule has 1 aliphatic carbocycles. The minimum Gasteiger partial charge on any atom is -0.369 e. The lowest BCUT2D eigenvalue weighted by atomic mass is 9.89. The normalized spacial score (nSPS) is 21.2. The SMILES string of the molecule is CCC(C)OC1CC=C2CCN(Cc3c(C)cc(C)[nH]c3=O)C(=O)C2=C1Cl. The van der Waals surface area contributed by atoms with Gasteiger partial charge in [0.25, 0.3) is 11.5 Å². The maximum Gasteiger partial charge on any atom is 0.255 e. The molecule has 0 spiro atoms. The lowest BCUT2D eigenvalue weighted by Crippen LogP contribution is -2.41. The first kappa shape index (κ1) is 19.9. The van der Waals surface area contributed by atoms with Gasteiger partial charge in [-0.2, -0.15) is 0 Å². The average molecular weight is 391 g/mol. The number of carbonyl (C=O) groups excluding carboxylic acids is 1. The summed E-state index contributed by atoms with van der Waals surface area (Å²) >= 11 is 6.60. The first-order valence-corrected chi connectivity index (χ1v) is 9.92. The van der Waals surface area contributed by atoms with Crippen molar-refractivity contribution in [1.29, 1.82) is 0 Å². The number of carbonyl (C=O) groups is 1. The van der Waals surface area contributed by atoms with Crippen LogP contribution in [0.2, 0.25) is 0 Å². The Morgan fingerprint density at radius 2 is 2.11 bits per heavy atom. The topological polar surface area (TPSA) is 62.4 Å². The van der Waals surface area contributed by atoms with Crippen molar-refractivity contribution in [2.24, 2.45) is 0 Å². The van der Waals surface area contributed by atoms with Crippen molar-refractivity contribution in [2.45, 2.75) is 65.7 Å². The number of piperidine rings is 1. The molecule has 27 heavy (non-hydrogen) atoms. The number of ether oxygens (including phenoxy) is 1. The Kier molecular flexibility index (Phi) is 5.92. The fourth-order valence-corrected chi connectivity index (χ4v) is 4.01. The van der Waals surface area contributed by atoms with Crippen LogP contribution in [0.1, 0.15) is 49.9 Å². The fraction of sp³-hybridized carbons (Fsp3) is 0.524. The average Bonchev–Trinajstić information content (AvgIpc) is 2.61. The highest BCUT2D eigenvalue weighted by Crippen LogP contribution is 2.36. The van der Waals surface area contributed by atoms with Gasteiger partial charge >= 0.3 is 0 Å². The van der Waals surface area contributed by atoms with E-state index >= 15 is 0 Å². The number of amides is 1. The number of aromatic amines is 1. The molecule has 2 unspecified atom stereocenters. The van der Waals surface area contributed by atoms with E-state index in [1.54, 1.807) is 4.90 Å². The zero-order chi connectivity index (χ0) is 19.7. The summed E-state index contributed by atoms with van der Waals surface area (Å²) in [6, 6.07) is 1.93. The van der Waals surface area contributed by atoms with Gasteiger partial charge in [-0.1, -0.05) is 24.6 Å². The number of likely N-dealkylation sites (tertiary alicyclic amines) is 1. The Balaban J connectivity index is 1.86. The van der Waals surface area contributed by atoms with E-state index in [0.717, 1.165) is 29.7 Å². The molecule has 146 valence electrons. The number of nitrogens with one attached hydrogen (secondary N) is 1. The number of halogens is 1. The zero-order valence-corrected chi connectivity index (χ0v) is 17.2. The monoisotopic (exact) mass is 390 g/mol. The summed E-state index contributed by atoms with van der Waals surface area (Å²) in [5.74, 6) is -0.116. The van der Waals surface area contributed by atoms with Crippen LogP contribution in [0.15, 0.2) is 33.1 Å². The molecule has 5 nitrogen and oxygen atoms in total. The molecular weight excluding hydrogens is 364 g/mol. The van der Waals surface area contributed by atoms with E-state index < -0.39 is 0 Å². The third-order valence-corrected chi connectivity index (χ3v) is 5.82. The van der Waals surface area contributed by atoms with Gasteiger partial charge in [0, 0.05) is 17.8 Å². The number of nitrogens with zero attached hydrogens (tertiary/aromatic N) is 1. The summed E-state index contributed by atoms with van der Waals surface area (Å²) < 4.78 is 5.99. The molecular formula is C21H27ClN2O3. The van der Waals surface area contributed by atoms with Gasteiger partial charge in [0.05, 0.1) is 29.4 Å². The van der Waals surface area contributed by atoms with Gasteiger partial charge in [0.2, 0.25) is 0 Å². The lowest BCUT2D eigenvalue weighted by molar-refractivity contribution is -0.128. The van der Waals surface area contributed by atoms with Crippen molar-refractivity contribution >= 4 is 17.5 Å². The van der Waals surface area contributed by atoms with Crippen molar-refractivity contribution < 1.29 is 9.53 Å². The molecule has 0 bridgehead atoms. The van der Waals surface area contributed by atoms with Crippen LogP contribution in [0.5, 0.6) is 0 Å². The minimum absolute atomic E-state index is 0.0860. The zero-order valence-electron chi connectivity index (χ0n) is 16.4. The quantitative estimate of drug-likeness (QED) is 0.833. The molecule has 1 aliphatic heterocycles. The largest absolute Gasteiger partial charge is 0.369 e. The first-order valence-electron chi connectivity index (χ1n) is 9.55. The van der Waals surface area contributed by atoms with Crippen LogP contribution >= 0.6 is 11.6 Å². The van der Waals surface area contributed by atoms with Gasteiger partial charge in [0.15, 0.2) is 0 Å². The molecule has 1 aromatic heterocycles. The Morgan fingerprint density at radius 3 is 2.78 bits per heavy atom. The van der Waals surface area contributed by atoms with E-state index in [4.69, 9.17) is 16.3 Å². The molecule has 2 atom stereocenters. The summed E-state index contributed by atoms with van der Waals surface area (Å²) in [5.41, 5.74) is 3.76. The first-order chi connectivity index (χ1) is 12.8. The number of rotatable bonds is 5. The number of pyridine rings is 1. The molecule has 1 N–H and O–H groups in total. The third kappa shape index (κ3) is 4.04. The van der Waals surface area contributed by atoms with Crippen LogP contribution in [0, 0.1) is 13.8 Å². The standard InChI is InChI=1S/C21H27ClN2O3/c1-5-14(4)27-17-7-6-15-8-9-24(21(26)18(15)19(17)22)11-16-12(2)10-13(3)23-20(16)25/h6,10,14,17H,5,7-9,11H2,1-4H3,(H,23,25). The predicted molar refractivity (Wildman–Crippen MR) is 107 cm³/mol. The van der Waals surface area contributed by atoms with Crippen molar-refractivity contribution in [2.75, 3.05) is 6.54 Å². The number of hydrogen-bond donors (Lipinski definition) is 1. The molecule has 1 saturated heterocycles. The van der Waals surface area contributed by atoms with Crippen molar-refractivity contribution in [1.82, 2.24) is 9.88 Å². The maximum absolute atomic E-state index is 13.1. The summed E-state index contributed by atoms with van der Waals surface area (Å²) in [6.45, 7) is 8.70. The number of aryl methyl sites for hydroxylation is 2. The van der Waals surface area contributed by atoms with Gasteiger partial charge in [-0.15, -0.1) is 0 Å². The number of fused-ring (bicyclic) bond motifs is 1. The van der Waals surface area contributed by atoms with Gasteiger partial charge in [0.1, 0.15) is 0 Å². The number of H-pyrrole nitrogens is 1. The van der Waals surface area contributed by atoms with Crippen molar-refractivity contribution in [3.63, 3.8) is 0 Å². The Bertz CT molecular complexity index is 869. The van der Waals surface area contributed by atoms with Crippen LogP contribution in [0.4, 0.5) is 0 Å². The van der Waals surface area contributed by atoms with Crippen LogP contribution in [0.25, 0.3) is 0 Å². The smallest absolute Gasteiger partial charge is 0.255 e. The summed E-state index contributed by atoms with van der Waals surface area (Å²) in [6.07, 6.45) is 4.23. The molecule has 0 aromatic carbocycles. The molecule has 0 saturated carbocycles. The fourth-order valence-electron chi connectivity index (χ4n) is 3.66. The third-order valence-electron chi connectivity index (χ3n) is 5.39. The summed E-state index contributed by atoms with van der Waals surface area (Å²) in [5, 5.41) is 0.497. The summed E-state index contributed by atoms with van der Waals surface area (Å²) in [4.78, 5) is 30.0. The van der Waals surface area contributed by atoms with Crippen LogP contribution in [-0.4, -0.2) is 34.5 Å². The van der Waals surface area contributed by atoms with Crippen molar-refractivity contribution in [3.8, 4) is 0 Å². The van der Waals surface area contributed by atoms with Gasteiger partial charge < -0.3 is 14.6 Å². The maximum atomic E-state index is 13.1. The van der Waals surface area contributed by atoms with Crippen LogP contribution in [0.3, 0.4) is 0 Å². The Labute approximate surface area is 165 Å². The highest BCUT2D eigenvalue weighted by Gasteiger charge is 2.35. The number of aromatic nitrogens is 1. The van der Waals surface area contributed by atoms with E-state index in [1.165, 1.54) is 0 Å². The van der Waals surface area contributed by atoms with Gasteiger partial charge in [-0.3, -0.25) is 9.59 Å². The van der Waals surface area contributed by atoms with Crippen molar-refractivity contribution in [3.05, 3.63) is 55.5 Å². The van der Waals surface area contributed by atoms with Gasteiger partial charge in [-0.25, -0.2) is 0 Å². The summed E-state index contributed by atoms with van der Waals surface area (Å²) in [7, 11) is 0. The lowest BCUT2D eigenvalue weighted by Gasteiger charge is -2.35. The molecule has 1 amide bonds. The van der Waals surface area contributed by atoms with E-state index in [0.29, 0.717) is 29.1 Å². The Hall–Kier alpha value is -1.85. The van der Waals surface area contributed by atoms with Crippen LogP contribution < -0.4 is 5.56 Å². The second-order valence-electron chi connectivity index (χ2n) is 7.45. The predicted octanol–water partition coefficient (Wildman–Crippen LogP) is 3.73. The van der Waals surface area contributed by atoms with E-state index in [2.05, 4.69) is 18.0 Å².